The molecule has 1 aromatic rings. The van der Waals surface area contributed by atoms with Crippen LogP contribution in [0.25, 0.3) is 0 Å². The highest BCUT2D eigenvalue weighted by atomic mass is 15.0. The number of nitrogens with zero attached hydrogens (tertiary/aromatic N) is 1. The Kier molecular flexibility index (Phi) is 2.63. The molecule has 0 atom stereocenters. The zero-order chi connectivity index (χ0) is 11.8. The SMILES string of the molecule is Cc1ccc(C#N)c(NC(C)(C)C2CC2)c1. The second kappa shape index (κ2) is 3.83. The Morgan fingerprint density at radius 1 is 1.38 bits per heavy atom. The highest BCUT2D eigenvalue weighted by molar-refractivity contribution is 5.60. The molecule has 2 heteroatoms. The second-order valence-corrected chi connectivity index (χ2v) is 5.28. The van der Waals surface area contributed by atoms with Crippen molar-refractivity contribution in [2.75, 3.05) is 5.32 Å². The lowest BCUT2D eigenvalue weighted by Gasteiger charge is -2.28. The number of aryl methyl sites for hydroxylation is 1. The predicted octanol–water partition coefficient (Wildman–Crippen LogP) is 3.47. The summed E-state index contributed by atoms with van der Waals surface area (Å²) in [6.45, 7) is 6.48. The summed E-state index contributed by atoms with van der Waals surface area (Å²) in [6, 6.07) is 8.17. The number of nitrogens with one attached hydrogen (secondary N) is 1. The molecule has 0 bridgehead atoms. The van der Waals surface area contributed by atoms with E-state index in [0.717, 1.165) is 17.2 Å². The fourth-order valence-corrected chi connectivity index (χ4v) is 2.11. The molecule has 84 valence electrons. The summed E-state index contributed by atoms with van der Waals surface area (Å²) in [4.78, 5) is 0. The lowest BCUT2D eigenvalue weighted by Crippen LogP contribution is -2.33. The lowest BCUT2D eigenvalue weighted by atomic mass is 9.97. The first kappa shape index (κ1) is 11.0. The van der Waals surface area contributed by atoms with Gasteiger partial charge in [0.2, 0.25) is 0 Å². The maximum Gasteiger partial charge on any atom is 0.101 e. The smallest absolute Gasteiger partial charge is 0.101 e. The Hall–Kier alpha value is -1.49. The molecule has 0 heterocycles. The summed E-state index contributed by atoms with van der Waals surface area (Å²) in [6.07, 6.45) is 2.60. The van der Waals surface area contributed by atoms with Crippen molar-refractivity contribution >= 4 is 5.69 Å². The van der Waals surface area contributed by atoms with Crippen molar-refractivity contribution in [3.8, 4) is 6.07 Å². The molecule has 1 aromatic carbocycles. The van der Waals surface area contributed by atoms with Crippen molar-refractivity contribution in [1.29, 1.82) is 5.26 Å². The third-order valence-corrected chi connectivity index (χ3v) is 3.35. The van der Waals surface area contributed by atoms with Gasteiger partial charge in [-0.3, -0.25) is 0 Å². The van der Waals surface area contributed by atoms with Gasteiger partial charge in [0.05, 0.1) is 11.3 Å². The fourth-order valence-electron chi connectivity index (χ4n) is 2.11. The van der Waals surface area contributed by atoms with Crippen LogP contribution in [-0.4, -0.2) is 5.54 Å². The molecule has 0 saturated heterocycles. The van der Waals surface area contributed by atoms with Crippen LogP contribution in [0.1, 0.15) is 37.8 Å². The van der Waals surface area contributed by atoms with Crippen molar-refractivity contribution in [3.05, 3.63) is 29.3 Å². The topological polar surface area (TPSA) is 35.8 Å². The van der Waals surface area contributed by atoms with Crippen LogP contribution in [-0.2, 0) is 0 Å². The van der Waals surface area contributed by atoms with Gasteiger partial charge in [0.1, 0.15) is 6.07 Å². The summed E-state index contributed by atoms with van der Waals surface area (Å²) in [5, 5.41) is 12.6. The summed E-state index contributed by atoms with van der Waals surface area (Å²) in [5.74, 6) is 0.750. The molecule has 0 amide bonds. The van der Waals surface area contributed by atoms with Crippen LogP contribution in [0.4, 0.5) is 5.69 Å². The summed E-state index contributed by atoms with van der Waals surface area (Å²) in [5.41, 5.74) is 2.99. The molecule has 0 radical (unpaired) electrons. The van der Waals surface area contributed by atoms with Gasteiger partial charge in [0, 0.05) is 5.54 Å². The Labute approximate surface area is 97.3 Å². The summed E-state index contributed by atoms with van der Waals surface area (Å²) >= 11 is 0. The second-order valence-electron chi connectivity index (χ2n) is 5.28. The van der Waals surface area contributed by atoms with E-state index in [1.54, 1.807) is 0 Å². The van der Waals surface area contributed by atoms with Gasteiger partial charge in [-0.05, 0) is 57.2 Å². The summed E-state index contributed by atoms with van der Waals surface area (Å²) < 4.78 is 0. The van der Waals surface area contributed by atoms with E-state index in [4.69, 9.17) is 5.26 Å². The van der Waals surface area contributed by atoms with Crippen LogP contribution in [0.2, 0.25) is 0 Å². The third-order valence-electron chi connectivity index (χ3n) is 3.35. The van der Waals surface area contributed by atoms with Gasteiger partial charge in [-0.25, -0.2) is 0 Å². The maximum atomic E-state index is 9.07. The molecular formula is C14H18N2. The van der Waals surface area contributed by atoms with E-state index in [-0.39, 0.29) is 5.54 Å². The first-order chi connectivity index (χ1) is 7.53. The number of hydrogen-bond donors (Lipinski definition) is 1. The minimum Gasteiger partial charge on any atom is -0.379 e. The lowest BCUT2D eigenvalue weighted by molar-refractivity contribution is 0.494. The monoisotopic (exact) mass is 214 g/mol. The molecule has 0 unspecified atom stereocenters. The van der Waals surface area contributed by atoms with Crippen molar-refractivity contribution < 1.29 is 0 Å². The van der Waals surface area contributed by atoms with E-state index in [2.05, 4.69) is 38.2 Å². The normalized spacial score (nSPS) is 15.6. The van der Waals surface area contributed by atoms with Crippen LogP contribution in [0.3, 0.4) is 0 Å². The first-order valence-corrected chi connectivity index (χ1v) is 5.82. The van der Waals surface area contributed by atoms with Gasteiger partial charge < -0.3 is 5.32 Å². The van der Waals surface area contributed by atoms with Gasteiger partial charge in [0.25, 0.3) is 0 Å². The van der Waals surface area contributed by atoms with E-state index in [0.29, 0.717) is 0 Å². The number of rotatable bonds is 3. The van der Waals surface area contributed by atoms with Crippen molar-refractivity contribution in [2.24, 2.45) is 5.92 Å². The molecule has 1 saturated carbocycles. The Morgan fingerprint density at radius 3 is 2.62 bits per heavy atom. The van der Waals surface area contributed by atoms with Crippen molar-refractivity contribution in [1.82, 2.24) is 0 Å². The maximum absolute atomic E-state index is 9.07. The molecule has 0 spiro atoms. The zero-order valence-corrected chi connectivity index (χ0v) is 10.2. The highest BCUT2D eigenvalue weighted by Crippen LogP contribution is 2.41. The molecule has 1 fully saturated rings. The van der Waals surface area contributed by atoms with Crippen molar-refractivity contribution in [2.45, 2.75) is 39.2 Å². The number of benzene rings is 1. The van der Waals surface area contributed by atoms with Crippen LogP contribution in [0.15, 0.2) is 18.2 Å². The van der Waals surface area contributed by atoms with E-state index in [1.165, 1.54) is 18.4 Å². The molecule has 1 N–H and O–H groups in total. The van der Waals surface area contributed by atoms with Crippen LogP contribution in [0, 0.1) is 24.2 Å². The van der Waals surface area contributed by atoms with E-state index in [1.807, 2.05) is 12.1 Å². The van der Waals surface area contributed by atoms with Gasteiger partial charge in [-0.15, -0.1) is 0 Å². The van der Waals surface area contributed by atoms with Crippen LogP contribution in [0.5, 0.6) is 0 Å². The van der Waals surface area contributed by atoms with Crippen LogP contribution < -0.4 is 5.32 Å². The van der Waals surface area contributed by atoms with E-state index >= 15 is 0 Å². The predicted molar refractivity (Wildman–Crippen MR) is 66.3 cm³/mol. The van der Waals surface area contributed by atoms with E-state index in [9.17, 15) is 0 Å². The molecule has 0 aromatic heterocycles. The highest BCUT2D eigenvalue weighted by Gasteiger charge is 2.37. The molecular weight excluding hydrogens is 196 g/mol. The minimum atomic E-state index is 0.0966. The molecule has 2 rings (SSSR count). The van der Waals surface area contributed by atoms with Gasteiger partial charge in [0.15, 0.2) is 0 Å². The molecule has 1 aliphatic carbocycles. The zero-order valence-electron chi connectivity index (χ0n) is 10.2. The largest absolute Gasteiger partial charge is 0.379 e. The van der Waals surface area contributed by atoms with Gasteiger partial charge in [-0.2, -0.15) is 5.26 Å². The summed E-state index contributed by atoms with van der Waals surface area (Å²) in [7, 11) is 0. The van der Waals surface area contributed by atoms with Crippen molar-refractivity contribution in [3.63, 3.8) is 0 Å². The molecule has 1 aliphatic rings. The quantitative estimate of drug-likeness (QED) is 0.836. The van der Waals surface area contributed by atoms with Gasteiger partial charge in [-0.1, -0.05) is 6.07 Å². The average molecular weight is 214 g/mol. The Bertz CT molecular complexity index is 437. The van der Waals surface area contributed by atoms with Gasteiger partial charge >= 0.3 is 0 Å². The average Bonchev–Trinajstić information content (AvgIpc) is 3.00. The number of nitriles is 1. The Morgan fingerprint density at radius 2 is 2.06 bits per heavy atom. The minimum absolute atomic E-state index is 0.0966. The molecule has 16 heavy (non-hydrogen) atoms. The molecule has 0 aliphatic heterocycles. The fraction of sp³-hybridized carbons (Fsp3) is 0.500. The Balaban J connectivity index is 2.26. The van der Waals surface area contributed by atoms with Crippen LogP contribution >= 0.6 is 0 Å². The number of anilines is 1. The van der Waals surface area contributed by atoms with E-state index < -0.39 is 0 Å². The standard InChI is InChI=1S/C14H18N2/c1-10-4-5-11(9-15)13(8-10)16-14(2,3)12-6-7-12/h4-5,8,12,16H,6-7H2,1-3H3. The molecule has 2 nitrogen and oxygen atoms in total. The first-order valence-electron chi connectivity index (χ1n) is 5.82. The third kappa shape index (κ3) is 2.19. The number of hydrogen-bond acceptors (Lipinski definition) is 2.